The van der Waals surface area contributed by atoms with Gasteiger partial charge in [-0.2, -0.15) is 5.26 Å². The molecule has 1 amide bonds. The predicted molar refractivity (Wildman–Crippen MR) is 69.1 cm³/mol. The van der Waals surface area contributed by atoms with Crippen molar-refractivity contribution in [1.82, 2.24) is 0 Å². The molecule has 0 atom stereocenters. The van der Waals surface area contributed by atoms with Crippen LogP contribution in [-0.4, -0.2) is 11.8 Å². The molecule has 0 radical (unpaired) electrons. The number of halogens is 1. The van der Waals surface area contributed by atoms with Gasteiger partial charge in [-0.1, -0.05) is 6.92 Å². The maximum Gasteiger partial charge on any atom is 0.224 e. The van der Waals surface area contributed by atoms with E-state index in [1.165, 1.54) is 0 Å². The van der Waals surface area contributed by atoms with Crippen molar-refractivity contribution in [2.75, 3.05) is 11.2 Å². The molecule has 0 unspecified atom stereocenters. The van der Waals surface area contributed by atoms with Gasteiger partial charge in [-0.25, -0.2) is 0 Å². The Morgan fingerprint density at radius 1 is 1.53 bits per heavy atom. The van der Waals surface area contributed by atoms with E-state index in [0.717, 1.165) is 17.7 Å². The van der Waals surface area contributed by atoms with Crippen molar-refractivity contribution in [1.29, 1.82) is 5.26 Å². The van der Waals surface area contributed by atoms with Crippen molar-refractivity contribution in [3.05, 3.63) is 29.3 Å². The Morgan fingerprint density at radius 3 is 2.88 bits per heavy atom. The molecular formula is C13H15ClN2O. The van der Waals surface area contributed by atoms with Gasteiger partial charge >= 0.3 is 0 Å². The number of nitrogens with one attached hydrogen (secondary N) is 1. The van der Waals surface area contributed by atoms with E-state index in [-0.39, 0.29) is 5.91 Å². The first-order valence-electron chi connectivity index (χ1n) is 5.60. The Labute approximate surface area is 106 Å². The summed E-state index contributed by atoms with van der Waals surface area (Å²) in [6.07, 6.45) is 1.87. The Bertz CT molecular complexity index is 438. The topological polar surface area (TPSA) is 52.9 Å². The van der Waals surface area contributed by atoms with Crippen molar-refractivity contribution < 1.29 is 4.79 Å². The standard InChI is InChI=1S/C13H15ClN2O/c1-2-11-8-10(9-15)5-6-12(11)16-13(17)4-3-7-14/h5-6,8H,2-4,7H2,1H3,(H,16,17). The number of carbonyl (C=O) groups excluding carboxylic acids is 1. The Hall–Kier alpha value is -1.53. The largest absolute Gasteiger partial charge is 0.326 e. The monoisotopic (exact) mass is 250 g/mol. The lowest BCUT2D eigenvalue weighted by molar-refractivity contribution is -0.116. The van der Waals surface area contributed by atoms with Gasteiger partial charge in [-0.3, -0.25) is 4.79 Å². The summed E-state index contributed by atoms with van der Waals surface area (Å²) in [4.78, 5) is 11.6. The van der Waals surface area contributed by atoms with Crippen LogP contribution in [0.25, 0.3) is 0 Å². The molecule has 0 heterocycles. The normalized spacial score (nSPS) is 9.71. The zero-order valence-electron chi connectivity index (χ0n) is 9.79. The summed E-state index contributed by atoms with van der Waals surface area (Å²) in [6, 6.07) is 7.37. The molecule has 0 saturated carbocycles. The Balaban J connectivity index is 2.77. The first kappa shape index (κ1) is 13.5. The fourth-order valence-corrected chi connectivity index (χ4v) is 1.65. The van der Waals surface area contributed by atoms with E-state index in [1.54, 1.807) is 18.2 Å². The van der Waals surface area contributed by atoms with Crippen LogP contribution in [0.1, 0.15) is 30.9 Å². The van der Waals surface area contributed by atoms with Crippen LogP contribution in [0.5, 0.6) is 0 Å². The van der Waals surface area contributed by atoms with Gasteiger partial charge in [0.05, 0.1) is 11.6 Å². The zero-order chi connectivity index (χ0) is 12.7. The number of anilines is 1. The van der Waals surface area contributed by atoms with Gasteiger partial charge in [-0.15, -0.1) is 11.6 Å². The van der Waals surface area contributed by atoms with Gasteiger partial charge in [0, 0.05) is 18.0 Å². The van der Waals surface area contributed by atoms with E-state index in [0.29, 0.717) is 24.3 Å². The molecule has 0 bridgehead atoms. The van der Waals surface area contributed by atoms with Crippen molar-refractivity contribution in [3.8, 4) is 6.07 Å². The number of hydrogen-bond acceptors (Lipinski definition) is 2. The van der Waals surface area contributed by atoms with Crippen molar-refractivity contribution >= 4 is 23.2 Å². The maximum atomic E-state index is 11.6. The lowest BCUT2D eigenvalue weighted by atomic mass is 10.1. The van der Waals surface area contributed by atoms with Gasteiger partial charge in [0.1, 0.15) is 0 Å². The fourth-order valence-electron chi connectivity index (χ4n) is 1.52. The minimum atomic E-state index is -0.0370. The lowest BCUT2D eigenvalue weighted by Gasteiger charge is -2.09. The van der Waals surface area contributed by atoms with Crippen LogP contribution in [0, 0.1) is 11.3 Å². The smallest absolute Gasteiger partial charge is 0.224 e. The third-order valence-corrected chi connectivity index (χ3v) is 2.69. The first-order chi connectivity index (χ1) is 8.21. The van der Waals surface area contributed by atoms with E-state index in [4.69, 9.17) is 16.9 Å². The molecule has 0 aliphatic rings. The molecule has 1 N–H and O–H groups in total. The highest BCUT2D eigenvalue weighted by Crippen LogP contribution is 2.18. The highest BCUT2D eigenvalue weighted by atomic mass is 35.5. The van der Waals surface area contributed by atoms with Crippen molar-refractivity contribution in [2.45, 2.75) is 26.2 Å². The number of nitriles is 1. The number of rotatable bonds is 5. The van der Waals surface area contributed by atoms with Gasteiger partial charge in [0.2, 0.25) is 5.91 Å². The van der Waals surface area contributed by atoms with Crippen LogP contribution in [0.4, 0.5) is 5.69 Å². The van der Waals surface area contributed by atoms with Gasteiger partial charge in [0.15, 0.2) is 0 Å². The second-order valence-electron chi connectivity index (χ2n) is 3.68. The van der Waals surface area contributed by atoms with Gasteiger partial charge < -0.3 is 5.32 Å². The van der Waals surface area contributed by atoms with Crippen LogP contribution < -0.4 is 5.32 Å². The number of benzene rings is 1. The molecule has 1 rings (SSSR count). The third-order valence-electron chi connectivity index (χ3n) is 2.43. The molecule has 1 aromatic carbocycles. The average molecular weight is 251 g/mol. The highest BCUT2D eigenvalue weighted by molar-refractivity contribution is 6.18. The Kier molecular flexibility index (Phi) is 5.51. The summed E-state index contributed by atoms with van der Waals surface area (Å²) in [7, 11) is 0. The number of nitrogens with zero attached hydrogens (tertiary/aromatic N) is 1. The van der Waals surface area contributed by atoms with Crippen LogP contribution in [0.2, 0.25) is 0 Å². The average Bonchev–Trinajstić information content (AvgIpc) is 2.36. The molecule has 17 heavy (non-hydrogen) atoms. The summed E-state index contributed by atoms with van der Waals surface area (Å²) in [5.74, 6) is 0.451. The summed E-state index contributed by atoms with van der Waals surface area (Å²) in [6.45, 7) is 1.99. The van der Waals surface area contributed by atoms with Gasteiger partial charge in [0.25, 0.3) is 0 Å². The molecule has 3 nitrogen and oxygen atoms in total. The minimum absolute atomic E-state index is 0.0370. The predicted octanol–water partition coefficient (Wildman–Crippen LogP) is 3.08. The number of aryl methyl sites for hydroxylation is 1. The third kappa shape index (κ3) is 4.08. The van der Waals surface area contributed by atoms with Crippen LogP contribution >= 0.6 is 11.6 Å². The number of hydrogen-bond donors (Lipinski definition) is 1. The van der Waals surface area contributed by atoms with E-state index < -0.39 is 0 Å². The number of alkyl halides is 1. The van der Waals surface area contributed by atoms with Crippen LogP contribution in [0.15, 0.2) is 18.2 Å². The molecule has 0 aromatic heterocycles. The first-order valence-corrected chi connectivity index (χ1v) is 6.13. The molecule has 0 saturated heterocycles. The molecule has 4 heteroatoms. The van der Waals surface area contributed by atoms with Crippen molar-refractivity contribution in [3.63, 3.8) is 0 Å². The zero-order valence-corrected chi connectivity index (χ0v) is 10.5. The Morgan fingerprint density at radius 2 is 2.29 bits per heavy atom. The van der Waals surface area contributed by atoms with Crippen molar-refractivity contribution in [2.24, 2.45) is 0 Å². The quantitative estimate of drug-likeness (QED) is 0.817. The van der Waals surface area contributed by atoms with E-state index >= 15 is 0 Å². The molecule has 90 valence electrons. The molecule has 0 aliphatic heterocycles. The molecule has 0 fully saturated rings. The van der Waals surface area contributed by atoms with Gasteiger partial charge in [-0.05, 0) is 36.6 Å². The van der Waals surface area contributed by atoms with Crippen LogP contribution in [-0.2, 0) is 11.2 Å². The van der Waals surface area contributed by atoms with E-state index in [1.807, 2.05) is 6.92 Å². The lowest BCUT2D eigenvalue weighted by Crippen LogP contribution is -2.12. The minimum Gasteiger partial charge on any atom is -0.326 e. The van der Waals surface area contributed by atoms with E-state index in [9.17, 15) is 4.79 Å². The summed E-state index contributed by atoms with van der Waals surface area (Å²) >= 11 is 5.53. The fraction of sp³-hybridized carbons (Fsp3) is 0.385. The number of carbonyl (C=O) groups is 1. The second-order valence-corrected chi connectivity index (χ2v) is 4.06. The summed E-state index contributed by atoms with van der Waals surface area (Å²) in [5, 5.41) is 11.6. The summed E-state index contributed by atoms with van der Waals surface area (Å²) < 4.78 is 0. The molecule has 0 spiro atoms. The SMILES string of the molecule is CCc1cc(C#N)ccc1NC(=O)CCCCl. The highest BCUT2D eigenvalue weighted by Gasteiger charge is 2.06. The molecular weight excluding hydrogens is 236 g/mol. The summed E-state index contributed by atoms with van der Waals surface area (Å²) in [5.41, 5.74) is 2.37. The second kappa shape index (κ2) is 6.93. The van der Waals surface area contributed by atoms with Crippen LogP contribution in [0.3, 0.4) is 0 Å². The van der Waals surface area contributed by atoms with E-state index in [2.05, 4.69) is 11.4 Å². The maximum absolute atomic E-state index is 11.6. The number of amides is 1. The molecule has 0 aliphatic carbocycles. The molecule has 1 aromatic rings.